The van der Waals surface area contributed by atoms with Crippen LogP contribution in [0, 0.1) is 0 Å². The van der Waals surface area contributed by atoms with Crippen LogP contribution >= 0.6 is 11.6 Å². The maximum atomic E-state index is 12.4. The molecule has 0 saturated carbocycles. The number of ether oxygens (including phenoxy) is 2. The minimum absolute atomic E-state index is 0.0947. The summed E-state index contributed by atoms with van der Waals surface area (Å²) < 4.78 is 11.0. The molecular weight excluding hydrogens is 368 g/mol. The van der Waals surface area contributed by atoms with Crippen molar-refractivity contribution in [3.8, 4) is 11.5 Å². The molecule has 7 heteroatoms. The summed E-state index contributed by atoms with van der Waals surface area (Å²) in [4.78, 5) is 26.0. The second-order valence-corrected chi connectivity index (χ2v) is 6.18. The summed E-state index contributed by atoms with van der Waals surface area (Å²) in [5.74, 6) is 0.569. The van der Waals surface area contributed by atoms with Gasteiger partial charge in [0.25, 0.3) is 5.91 Å². The van der Waals surface area contributed by atoms with E-state index >= 15 is 0 Å². The molecule has 0 bridgehead atoms. The number of nitrogens with zero attached hydrogens (tertiary/aromatic N) is 1. The van der Waals surface area contributed by atoms with Gasteiger partial charge in [0.2, 0.25) is 5.91 Å². The topological polar surface area (TPSA) is 67.9 Å². The zero-order valence-electron chi connectivity index (χ0n) is 15.6. The van der Waals surface area contributed by atoms with Gasteiger partial charge in [-0.2, -0.15) is 0 Å². The lowest BCUT2D eigenvalue weighted by Gasteiger charge is -2.17. The molecule has 2 aromatic carbocycles. The van der Waals surface area contributed by atoms with Gasteiger partial charge in [-0.15, -0.1) is 0 Å². The minimum Gasteiger partial charge on any atom is -0.490 e. The predicted molar refractivity (Wildman–Crippen MR) is 106 cm³/mol. The van der Waals surface area contributed by atoms with Gasteiger partial charge in [-0.1, -0.05) is 17.7 Å². The maximum absolute atomic E-state index is 12.4. The fourth-order valence-electron chi connectivity index (χ4n) is 2.46. The van der Waals surface area contributed by atoms with Crippen LogP contribution in [0.15, 0.2) is 42.5 Å². The Morgan fingerprint density at radius 2 is 1.74 bits per heavy atom. The Morgan fingerprint density at radius 1 is 1.04 bits per heavy atom. The lowest BCUT2D eigenvalue weighted by Crippen LogP contribution is -2.34. The van der Waals surface area contributed by atoms with Crippen molar-refractivity contribution in [2.45, 2.75) is 13.8 Å². The molecule has 0 aromatic heterocycles. The third kappa shape index (κ3) is 5.89. The van der Waals surface area contributed by atoms with Gasteiger partial charge in [0.05, 0.1) is 19.8 Å². The summed E-state index contributed by atoms with van der Waals surface area (Å²) in [5.41, 5.74) is 0.994. The molecule has 0 unspecified atom stereocenters. The van der Waals surface area contributed by atoms with Gasteiger partial charge in [-0.25, -0.2) is 0 Å². The van der Waals surface area contributed by atoms with E-state index in [1.54, 1.807) is 49.5 Å². The number of hydrogen-bond donors (Lipinski definition) is 1. The van der Waals surface area contributed by atoms with Crippen molar-refractivity contribution in [1.82, 2.24) is 4.90 Å². The highest BCUT2D eigenvalue weighted by molar-refractivity contribution is 6.31. The highest BCUT2D eigenvalue weighted by Crippen LogP contribution is 2.30. The smallest absolute Gasteiger partial charge is 0.254 e. The standard InChI is InChI=1S/C20H23ClN2O4/c1-4-26-17-10-9-16(12-18(17)27-5-2)22-19(24)13-23(3)20(25)14-7-6-8-15(21)11-14/h6-12H,4-5,13H2,1-3H3,(H,22,24). The van der Waals surface area contributed by atoms with Gasteiger partial charge >= 0.3 is 0 Å². The lowest BCUT2D eigenvalue weighted by atomic mass is 10.2. The third-order valence-electron chi connectivity index (χ3n) is 3.63. The molecule has 0 atom stereocenters. The van der Waals surface area contributed by atoms with E-state index < -0.39 is 0 Å². The first kappa shape index (κ1) is 20.6. The molecular formula is C20H23ClN2O4. The molecule has 0 aliphatic carbocycles. The van der Waals surface area contributed by atoms with Crippen molar-refractivity contribution in [2.24, 2.45) is 0 Å². The number of nitrogens with one attached hydrogen (secondary N) is 1. The minimum atomic E-state index is -0.320. The van der Waals surface area contributed by atoms with E-state index in [2.05, 4.69) is 5.32 Å². The highest BCUT2D eigenvalue weighted by Gasteiger charge is 2.16. The summed E-state index contributed by atoms with van der Waals surface area (Å²) in [5, 5.41) is 3.23. The zero-order chi connectivity index (χ0) is 19.8. The number of amides is 2. The maximum Gasteiger partial charge on any atom is 0.254 e. The van der Waals surface area contributed by atoms with Gasteiger partial charge in [-0.05, 0) is 44.2 Å². The van der Waals surface area contributed by atoms with Gasteiger partial charge in [0, 0.05) is 29.4 Å². The Balaban J connectivity index is 2.02. The Bertz CT molecular complexity index is 810. The second-order valence-electron chi connectivity index (χ2n) is 5.75. The number of likely N-dealkylation sites (N-methyl/N-ethyl adjacent to an activating group) is 1. The van der Waals surface area contributed by atoms with E-state index in [9.17, 15) is 9.59 Å². The number of hydrogen-bond acceptors (Lipinski definition) is 4. The van der Waals surface area contributed by atoms with E-state index in [0.717, 1.165) is 0 Å². The van der Waals surface area contributed by atoms with Crippen LogP contribution in [0.5, 0.6) is 11.5 Å². The SMILES string of the molecule is CCOc1ccc(NC(=O)CN(C)C(=O)c2cccc(Cl)c2)cc1OCC. The first-order valence-corrected chi connectivity index (χ1v) is 9.03. The quantitative estimate of drug-likeness (QED) is 0.743. The van der Waals surface area contributed by atoms with E-state index in [1.165, 1.54) is 4.90 Å². The Morgan fingerprint density at radius 3 is 2.41 bits per heavy atom. The molecule has 0 spiro atoms. The van der Waals surface area contributed by atoms with Crippen molar-refractivity contribution < 1.29 is 19.1 Å². The molecule has 0 radical (unpaired) electrons. The van der Waals surface area contributed by atoms with Crippen molar-refractivity contribution in [3.63, 3.8) is 0 Å². The largest absolute Gasteiger partial charge is 0.490 e. The molecule has 2 rings (SSSR count). The molecule has 144 valence electrons. The van der Waals surface area contributed by atoms with Gasteiger partial charge in [0.1, 0.15) is 0 Å². The van der Waals surface area contributed by atoms with E-state index in [4.69, 9.17) is 21.1 Å². The molecule has 0 fully saturated rings. The van der Waals surface area contributed by atoms with Crippen LogP contribution in [0.1, 0.15) is 24.2 Å². The van der Waals surface area contributed by atoms with Gasteiger partial charge < -0.3 is 19.7 Å². The van der Waals surface area contributed by atoms with E-state index in [1.807, 2.05) is 13.8 Å². The number of benzene rings is 2. The fraction of sp³-hybridized carbons (Fsp3) is 0.300. The summed E-state index contributed by atoms with van der Waals surface area (Å²) in [6.07, 6.45) is 0. The van der Waals surface area contributed by atoms with Gasteiger partial charge in [0.15, 0.2) is 11.5 Å². The van der Waals surface area contributed by atoms with Crippen LogP contribution in [-0.4, -0.2) is 43.5 Å². The van der Waals surface area contributed by atoms with E-state index in [0.29, 0.717) is 41.0 Å². The number of carbonyl (C=O) groups excluding carboxylic acids is 2. The summed E-state index contributed by atoms with van der Waals surface area (Å²) >= 11 is 5.91. The molecule has 6 nitrogen and oxygen atoms in total. The molecule has 0 aliphatic heterocycles. The monoisotopic (exact) mass is 390 g/mol. The van der Waals surface area contributed by atoms with Gasteiger partial charge in [-0.3, -0.25) is 9.59 Å². The number of carbonyl (C=O) groups is 2. The highest BCUT2D eigenvalue weighted by atomic mass is 35.5. The van der Waals surface area contributed by atoms with Crippen LogP contribution in [0.2, 0.25) is 5.02 Å². The molecule has 2 amide bonds. The van der Waals surface area contributed by atoms with Crippen LogP contribution in [0.3, 0.4) is 0 Å². The molecule has 1 N–H and O–H groups in total. The van der Waals surface area contributed by atoms with Crippen molar-refractivity contribution >= 4 is 29.1 Å². The average molecular weight is 391 g/mol. The number of anilines is 1. The fourth-order valence-corrected chi connectivity index (χ4v) is 2.65. The van der Waals surface area contributed by atoms with Crippen LogP contribution in [-0.2, 0) is 4.79 Å². The van der Waals surface area contributed by atoms with Crippen molar-refractivity contribution in [3.05, 3.63) is 53.1 Å². The van der Waals surface area contributed by atoms with E-state index in [-0.39, 0.29) is 18.4 Å². The van der Waals surface area contributed by atoms with Crippen LogP contribution < -0.4 is 14.8 Å². The molecule has 27 heavy (non-hydrogen) atoms. The Hall–Kier alpha value is -2.73. The number of rotatable bonds is 8. The molecule has 0 saturated heterocycles. The summed E-state index contributed by atoms with van der Waals surface area (Å²) in [6, 6.07) is 11.8. The number of halogens is 1. The predicted octanol–water partition coefficient (Wildman–Crippen LogP) is 3.85. The normalized spacial score (nSPS) is 10.2. The second kappa shape index (κ2) is 9.83. The first-order chi connectivity index (χ1) is 12.9. The molecule has 0 heterocycles. The Kier molecular flexibility index (Phi) is 7.49. The molecule has 2 aromatic rings. The first-order valence-electron chi connectivity index (χ1n) is 8.65. The van der Waals surface area contributed by atoms with Crippen LogP contribution in [0.25, 0.3) is 0 Å². The summed E-state index contributed by atoms with van der Waals surface area (Å²) in [6.45, 7) is 4.66. The van der Waals surface area contributed by atoms with Crippen LogP contribution in [0.4, 0.5) is 5.69 Å². The van der Waals surface area contributed by atoms with Crippen molar-refractivity contribution in [1.29, 1.82) is 0 Å². The Labute approximate surface area is 164 Å². The average Bonchev–Trinajstić information content (AvgIpc) is 2.63. The lowest BCUT2D eigenvalue weighted by molar-refractivity contribution is -0.116. The zero-order valence-corrected chi connectivity index (χ0v) is 16.4. The third-order valence-corrected chi connectivity index (χ3v) is 3.86. The molecule has 0 aliphatic rings. The van der Waals surface area contributed by atoms with Crippen molar-refractivity contribution in [2.75, 3.05) is 32.1 Å². The summed E-state index contributed by atoms with van der Waals surface area (Å²) in [7, 11) is 1.56.